The number of rotatable bonds is 5. The quantitative estimate of drug-likeness (QED) is 0.847. The van der Waals surface area contributed by atoms with Crippen molar-refractivity contribution < 1.29 is 4.79 Å². The fraction of sp³-hybridized carbons (Fsp3) is 0.636. The Morgan fingerprint density at radius 3 is 2.81 bits per heavy atom. The standard InChI is InChI=1S/C11H19N3OS/c1-8(2)14(4)11(15)6-12-5-10-13-9(3)7-16-10/h7-8,12H,5-6H2,1-4H3. The molecule has 0 radical (unpaired) electrons. The number of hydrogen-bond acceptors (Lipinski definition) is 4. The van der Waals surface area contributed by atoms with Crippen molar-refractivity contribution in [1.82, 2.24) is 15.2 Å². The highest BCUT2D eigenvalue weighted by Gasteiger charge is 2.11. The van der Waals surface area contributed by atoms with Gasteiger partial charge in [-0.2, -0.15) is 0 Å². The van der Waals surface area contributed by atoms with E-state index in [1.54, 1.807) is 16.2 Å². The zero-order valence-electron chi connectivity index (χ0n) is 10.3. The van der Waals surface area contributed by atoms with Crippen LogP contribution >= 0.6 is 11.3 Å². The van der Waals surface area contributed by atoms with Gasteiger partial charge in [-0.25, -0.2) is 4.98 Å². The second-order valence-electron chi connectivity index (χ2n) is 4.08. The molecule has 0 aliphatic heterocycles. The molecule has 90 valence electrons. The first kappa shape index (κ1) is 13.1. The molecule has 5 heteroatoms. The third-order valence-electron chi connectivity index (χ3n) is 2.39. The largest absolute Gasteiger partial charge is 0.342 e. The van der Waals surface area contributed by atoms with Crippen molar-refractivity contribution >= 4 is 17.2 Å². The molecule has 1 amide bonds. The second-order valence-corrected chi connectivity index (χ2v) is 5.03. The van der Waals surface area contributed by atoms with Crippen LogP contribution in [0.15, 0.2) is 5.38 Å². The summed E-state index contributed by atoms with van der Waals surface area (Å²) in [5.41, 5.74) is 1.03. The first-order chi connectivity index (χ1) is 7.50. The maximum Gasteiger partial charge on any atom is 0.236 e. The van der Waals surface area contributed by atoms with Crippen LogP contribution in [-0.2, 0) is 11.3 Å². The number of thiazole rings is 1. The lowest BCUT2D eigenvalue weighted by molar-refractivity contribution is -0.130. The molecule has 0 aliphatic carbocycles. The number of hydrogen-bond donors (Lipinski definition) is 1. The number of amides is 1. The van der Waals surface area contributed by atoms with Gasteiger partial charge in [-0.05, 0) is 20.8 Å². The Morgan fingerprint density at radius 1 is 1.62 bits per heavy atom. The van der Waals surface area contributed by atoms with Gasteiger partial charge in [0.1, 0.15) is 5.01 Å². The zero-order valence-corrected chi connectivity index (χ0v) is 11.1. The topological polar surface area (TPSA) is 45.2 Å². The van der Waals surface area contributed by atoms with E-state index in [0.29, 0.717) is 13.1 Å². The average molecular weight is 241 g/mol. The molecule has 1 aromatic rings. The van der Waals surface area contributed by atoms with E-state index >= 15 is 0 Å². The van der Waals surface area contributed by atoms with E-state index in [-0.39, 0.29) is 11.9 Å². The molecule has 0 unspecified atom stereocenters. The minimum atomic E-state index is 0.114. The van der Waals surface area contributed by atoms with Gasteiger partial charge in [0.2, 0.25) is 5.91 Å². The molecule has 1 aromatic heterocycles. The Balaban J connectivity index is 2.28. The summed E-state index contributed by atoms with van der Waals surface area (Å²) in [7, 11) is 1.82. The summed E-state index contributed by atoms with van der Waals surface area (Å²) >= 11 is 1.62. The van der Waals surface area contributed by atoms with Gasteiger partial charge in [-0.3, -0.25) is 4.79 Å². The summed E-state index contributed by atoms with van der Waals surface area (Å²) in [5, 5.41) is 6.15. The molecule has 1 rings (SSSR count). The number of likely N-dealkylation sites (N-methyl/N-ethyl adjacent to an activating group) is 1. The van der Waals surface area contributed by atoms with Crippen LogP contribution in [0.1, 0.15) is 24.5 Å². The first-order valence-corrected chi connectivity index (χ1v) is 6.26. The van der Waals surface area contributed by atoms with Crippen LogP contribution in [0.25, 0.3) is 0 Å². The molecule has 16 heavy (non-hydrogen) atoms. The number of aromatic nitrogens is 1. The van der Waals surface area contributed by atoms with Crippen LogP contribution in [0, 0.1) is 6.92 Å². The van der Waals surface area contributed by atoms with Gasteiger partial charge in [0, 0.05) is 30.7 Å². The monoisotopic (exact) mass is 241 g/mol. The third kappa shape index (κ3) is 3.90. The normalized spacial score (nSPS) is 10.8. The van der Waals surface area contributed by atoms with Crippen molar-refractivity contribution in [2.24, 2.45) is 0 Å². The summed E-state index contributed by atoms with van der Waals surface area (Å²) in [6.45, 7) is 7.01. The lowest BCUT2D eigenvalue weighted by atomic mass is 10.3. The van der Waals surface area contributed by atoms with Crippen molar-refractivity contribution in [2.45, 2.75) is 33.4 Å². The highest BCUT2D eigenvalue weighted by molar-refractivity contribution is 7.09. The van der Waals surface area contributed by atoms with E-state index in [2.05, 4.69) is 10.3 Å². The second kappa shape index (κ2) is 5.96. The van der Waals surface area contributed by atoms with Crippen LogP contribution in [0.4, 0.5) is 0 Å². The van der Waals surface area contributed by atoms with Gasteiger partial charge >= 0.3 is 0 Å². The zero-order chi connectivity index (χ0) is 12.1. The molecule has 0 bridgehead atoms. The molecule has 1 heterocycles. The lowest BCUT2D eigenvalue weighted by Crippen LogP contribution is -2.39. The van der Waals surface area contributed by atoms with Crippen molar-refractivity contribution in [2.75, 3.05) is 13.6 Å². The minimum absolute atomic E-state index is 0.114. The van der Waals surface area contributed by atoms with Crippen LogP contribution in [0.3, 0.4) is 0 Å². The maximum absolute atomic E-state index is 11.6. The molecule has 0 aliphatic rings. The van der Waals surface area contributed by atoms with Gasteiger partial charge in [-0.15, -0.1) is 11.3 Å². The Morgan fingerprint density at radius 2 is 2.31 bits per heavy atom. The van der Waals surface area contributed by atoms with E-state index in [0.717, 1.165) is 10.7 Å². The van der Waals surface area contributed by atoms with Crippen molar-refractivity contribution in [3.8, 4) is 0 Å². The minimum Gasteiger partial charge on any atom is -0.342 e. The molecule has 0 fully saturated rings. The van der Waals surface area contributed by atoms with Crippen LogP contribution in [-0.4, -0.2) is 35.4 Å². The molecule has 0 aromatic carbocycles. The molecule has 1 N–H and O–H groups in total. The van der Waals surface area contributed by atoms with Gasteiger partial charge in [0.25, 0.3) is 0 Å². The fourth-order valence-electron chi connectivity index (χ4n) is 1.17. The van der Waals surface area contributed by atoms with Gasteiger partial charge < -0.3 is 10.2 Å². The van der Waals surface area contributed by atoms with Gasteiger partial charge in [0.05, 0.1) is 6.54 Å². The van der Waals surface area contributed by atoms with E-state index in [4.69, 9.17) is 0 Å². The van der Waals surface area contributed by atoms with Gasteiger partial charge in [0.15, 0.2) is 0 Å². The molecular formula is C11H19N3OS. The summed E-state index contributed by atoms with van der Waals surface area (Å²) in [6.07, 6.45) is 0. The molecule has 0 saturated carbocycles. The number of nitrogens with one attached hydrogen (secondary N) is 1. The number of nitrogens with zero attached hydrogens (tertiary/aromatic N) is 2. The van der Waals surface area contributed by atoms with Crippen molar-refractivity contribution in [3.05, 3.63) is 16.1 Å². The van der Waals surface area contributed by atoms with Crippen molar-refractivity contribution in [1.29, 1.82) is 0 Å². The van der Waals surface area contributed by atoms with E-state index in [1.165, 1.54) is 0 Å². The van der Waals surface area contributed by atoms with E-state index < -0.39 is 0 Å². The Hall–Kier alpha value is -0.940. The van der Waals surface area contributed by atoms with E-state index in [9.17, 15) is 4.79 Å². The number of carbonyl (C=O) groups excluding carboxylic acids is 1. The predicted octanol–water partition coefficient (Wildman–Crippen LogP) is 1.41. The average Bonchev–Trinajstić information content (AvgIpc) is 2.62. The number of aryl methyl sites for hydroxylation is 1. The molecule has 0 saturated heterocycles. The van der Waals surface area contributed by atoms with Gasteiger partial charge in [-0.1, -0.05) is 0 Å². The van der Waals surface area contributed by atoms with E-state index in [1.807, 2.05) is 33.2 Å². The number of carbonyl (C=O) groups is 1. The Labute approximate surface area is 101 Å². The molecule has 4 nitrogen and oxygen atoms in total. The molecule has 0 spiro atoms. The molecule has 0 atom stereocenters. The first-order valence-electron chi connectivity index (χ1n) is 5.38. The summed E-state index contributed by atoms with van der Waals surface area (Å²) in [6, 6.07) is 0.247. The van der Waals surface area contributed by atoms with Crippen molar-refractivity contribution in [3.63, 3.8) is 0 Å². The fourth-order valence-corrected chi connectivity index (χ4v) is 1.91. The highest BCUT2D eigenvalue weighted by Crippen LogP contribution is 2.07. The highest BCUT2D eigenvalue weighted by atomic mass is 32.1. The Kier molecular flexibility index (Phi) is 4.89. The van der Waals surface area contributed by atoms with Crippen LogP contribution in [0.5, 0.6) is 0 Å². The van der Waals surface area contributed by atoms with Crippen LogP contribution in [0.2, 0.25) is 0 Å². The molecular weight excluding hydrogens is 222 g/mol. The summed E-state index contributed by atoms with van der Waals surface area (Å²) in [4.78, 5) is 17.7. The predicted molar refractivity (Wildman–Crippen MR) is 66.5 cm³/mol. The smallest absolute Gasteiger partial charge is 0.236 e. The summed E-state index contributed by atoms with van der Waals surface area (Å²) in [5.74, 6) is 0.114. The SMILES string of the molecule is Cc1csc(CNCC(=O)N(C)C(C)C)n1. The maximum atomic E-state index is 11.6. The van der Waals surface area contributed by atoms with Crippen LogP contribution < -0.4 is 5.32 Å². The summed E-state index contributed by atoms with van der Waals surface area (Å²) < 4.78 is 0. The lowest BCUT2D eigenvalue weighted by Gasteiger charge is -2.21. The Bertz CT molecular complexity index is 349. The third-order valence-corrected chi connectivity index (χ3v) is 3.35.